The molecule has 1 rings (SSSR count). The van der Waals surface area contributed by atoms with Gasteiger partial charge in [-0.1, -0.05) is 17.7 Å². The van der Waals surface area contributed by atoms with Crippen molar-refractivity contribution in [1.82, 2.24) is 0 Å². The third-order valence-corrected chi connectivity index (χ3v) is 2.25. The highest BCUT2D eigenvalue weighted by molar-refractivity contribution is 6.31. The zero-order valence-corrected chi connectivity index (χ0v) is 8.19. The molecule has 1 aromatic carbocycles. The fraction of sp³-hybridized carbons (Fsp3) is 0.200. The van der Waals surface area contributed by atoms with E-state index in [1.54, 1.807) is 0 Å². The van der Waals surface area contributed by atoms with Gasteiger partial charge in [0.1, 0.15) is 11.6 Å². The second kappa shape index (κ2) is 4.53. The maximum absolute atomic E-state index is 13.2. The molecule has 0 bridgehead atoms. The van der Waals surface area contributed by atoms with Crippen molar-refractivity contribution < 1.29 is 8.78 Å². The highest BCUT2D eigenvalue weighted by atomic mass is 35.5. The van der Waals surface area contributed by atoms with Crippen molar-refractivity contribution in [3.05, 3.63) is 47.0 Å². The average Bonchev–Trinajstić information content (AvgIpc) is 2.13. The number of halogens is 3. The molecule has 0 amide bonds. The Morgan fingerprint density at radius 3 is 2.57 bits per heavy atom. The smallest absolute Gasteiger partial charge is 0.142 e. The lowest BCUT2D eigenvalue weighted by molar-refractivity contribution is 0.564. The molecule has 0 aliphatic rings. The van der Waals surface area contributed by atoms with Gasteiger partial charge in [-0.3, -0.25) is 0 Å². The molecule has 1 aromatic rings. The van der Waals surface area contributed by atoms with E-state index in [-0.39, 0.29) is 10.6 Å². The minimum Gasteiger partial charge on any atom is -0.324 e. The SMILES string of the molecule is C=CC[C@H](N)c1c(F)ccc(F)c1Cl. The molecule has 0 saturated heterocycles. The van der Waals surface area contributed by atoms with E-state index in [1.807, 2.05) is 0 Å². The fourth-order valence-electron chi connectivity index (χ4n) is 1.18. The standard InChI is InChI=1S/C10H10ClF2N/c1-2-3-8(14)9-6(12)4-5-7(13)10(9)11/h2,4-5,8H,1,3,14H2/t8-/m0/s1. The topological polar surface area (TPSA) is 26.0 Å². The van der Waals surface area contributed by atoms with Gasteiger partial charge >= 0.3 is 0 Å². The largest absolute Gasteiger partial charge is 0.324 e. The highest BCUT2D eigenvalue weighted by Crippen LogP contribution is 2.28. The van der Waals surface area contributed by atoms with Gasteiger partial charge in [0.25, 0.3) is 0 Å². The first-order valence-corrected chi connectivity index (χ1v) is 4.45. The first-order chi connectivity index (χ1) is 6.57. The second-order valence-electron chi connectivity index (χ2n) is 2.89. The van der Waals surface area contributed by atoms with Crippen LogP contribution >= 0.6 is 11.6 Å². The van der Waals surface area contributed by atoms with Crippen LogP contribution in [0.3, 0.4) is 0 Å². The van der Waals surface area contributed by atoms with Crippen LogP contribution in [0.1, 0.15) is 18.0 Å². The summed E-state index contributed by atoms with van der Waals surface area (Å²) in [6, 6.07) is 1.33. The normalized spacial score (nSPS) is 12.6. The van der Waals surface area contributed by atoms with Gasteiger partial charge in [0, 0.05) is 11.6 Å². The molecule has 76 valence electrons. The van der Waals surface area contributed by atoms with E-state index in [2.05, 4.69) is 6.58 Å². The summed E-state index contributed by atoms with van der Waals surface area (Å²) in [6.07, 6.45) is 1.88. The third kappa shape index (κ3) is 2.11. The van der Waals surface area contributed by atoms with Crippen LogP contribution in [0.4, 0.5) is 8.78 Å². The lowest BCUT2D eigenvalue weighted by atomic mass is 10.0. The van der Waals surface area contributed by atoms with Crippen molar-refractivity contribution in [1.29, 1.82) is 0 Å². The lowest BCUT2D eigenvalue weighted by Gasteiger charge is -2.12. The van der Waals surface area contributed by atoms with Gasteiger partial charge in [0.15, 0.2) is 0 Å². The van der Waals surface area contributed by atoms with Gasteiger partial charge in [-0.25, -0.2) is 8.78 Å². The molecule has 1 nitrogen and oxygen atoms in total. The van der Waals surface area contributed by atoms with Crippen LogP contribution in [0.2, 0.25) is 5.02 Å². The molecule has 1 atom stereocenters. The van der Waals surface area contributed by atoms with E-state index in [0.717, 1.165) is 12.1 Å². The number of rotatable bonds is 3. The molecule has 2 N–H and O–H groups in total. The molecule has 0 aromatic heterocycles. The van der Waals surface area contributed by atoms with Crippen LogP contribution in [-0.4, -0.2) is 0 Å². The molecule has 0 spiro atoms. The van der Waals surface area contributed by atoms with Gasteiger partial charge in [-0.05, 0) is 18.6 Å². The summed E-state index contributed by atoms with van der Waals surface area (Å²) in [4.78, 5) is 0. The van der Waals surface area contributed by atoms with Crippen molar-refractivity contribution in [2.45, 2.75) is 12.5 Å². The monoisotopic (exact) mass is 217 g/mol. The van der Waals surface area contributed by atoms with Gasteiger partial charge < -0.3 is 5.73 Å². The van der Waals surface area contributed by atoms with Crippen LogP contribution in [0.5, 0.6) is 0 Å². The molecular formula is C10H10ClF2N. The molecule has 14 heavy (non-hydrogen) atoms. The summed E-state index contributed by atoms with van der Waals surface area (Å²) in [7, 11) is 0. The van der Waals surface area contributed by atoms with Gasteiger partial charge in [0.05, 0.1) is 5.02 Å². The average molecular weight is 218 g/mol. The van der Waals surface area contributed by atoms with Crippen molar-refractivity contribution in [2.75, 3.05) is 0 Å². The first kappa shape index (κ1) is 11.1. The molecule has 0 radical (unpaired) electrons. The maximum Gasteiger partial charge on any atom is 0.142 e. The van der Waals surface area contributed by atoms with E-state index in [9.17, 15) is 8.78 Å². The minimum atomic E-state index is -0.664. The highest BCUT2D eigenvalue weighted by Gasteiger charge is 2.17. The summed E-state index contributed by atoms with van der Waals surface area (Å²) in [6.45, 7) is 3.47. The van der Waals surface area contributed by atoms with Gasteiger partial charge in [0.2, 0.25) is 0 Å². The minimum absolute atomic E-state index is 0.00608. The number of hydrogen-bond acceptors (Lipinski definition) is 1. The number of nitrogens with two attached hydrogens (primary N) is 1. The zero-order valence-electron chi connectivity index (χ0n) is 7.43. The lowest BCUT2D eigenvalue weighted by Crippen LogP contribution is -2.12. The summed E-state index contributed by atoms with van der Waals surface area (Å²) in [5.41, 5.74) is 5.62. The molecular weight excluding hydrogens is 208 g/mol. The molecule has 0 saturated carbocycles. The molecule has 0 aliphatic heterocycles. The molecule has 4 heteroatoms. The predicted molar refractivity (Wildman–Crippen MR) is 53.1 cm³/mol. The van der Waals surface area contributed by atoms with E-state index < -0.39 is 17.7 Å². The maximum atomic E-state index is 13.2. The van der Waals surface area contributed by atoms with E-state index >= 15 is 0 Å². The van der Waals surface area contributed by atoms with Crippen molar-refractivity contribution in [3.63, 3.8) is 0 Å². The number of benzene rings is 1. The summed E-state index contributed by atoms with van der Waals surface area (Å²) in [5.74, 6) is -1.26. The van der Waals surface area contributed by atoms with E-state index in [4.69, 9.17) is 17.3 Å². The Kier molecular flexibility index (Phi) is 3.61. The predicted octanol–water partition coefficient (Wildman–Crippen LogP) is 3.19. The quantitative estimate of drug-likeness (QED) is 0.611. The molecule has 0 fully saturated rings. The van der Waals surface area contributed by atoms with Crippen LogP contribution < -0.4 is 5.73 Å². The summed E-state index contributed by atoms with van der Waals surface area (Å²) < 4.78 is 26.2. The van der Waals surface area contributed by atoms with Crippen molar-refractivity contribution in [2.24, 2.45) is 5.73 Å². The van der Waals surface area contributed by atoms with E-state index in [1.165, 1.54) is 6.08 Å². The molecule has 0 aliphatic carbocycles. The Hall–Kier alpha value is -0.930. The summed E-state index contributed by atoms with van der Waals surface area (Å²) in [5, 5.41) is -0.251. The Balaban J connectivity index is 3.17. The third-order valence-electron chi connectivity index (χ3n) is 1.87. The van der Waals surface area contributed by atoms with Gasteiger partial charge in [-0.15, -0.1) is 6.58 Å². The van der Waals surface area contributed by atoms with Crippen molar-refractivity contribution in [3.8, 4) is 0 Å². The van der Waals surface area contributed by atoms with Crippen molar-refractivity contribution >= 4 is 11.6 Å². The van der Waals surface area contributed by atoms with Crippen LogP contribution in [0, 0.1) is 11.6 Å². The number of hydrogen-bond donors (Lipinski definition) is 1. The molecule has 0 unspecified atom stereocenters. The Morgan fingerprint density at radius 2 is 2.00 bits per heavy atom. The Labute approximate surface area is 86.2 Å². The zero-order chi connectivity index (χ0) is 10.7. The second-order valence-corrected chi connectivity index (χ2v) is 3.27. The Morgan fingerprint density at radius 1 is 1.43 bits per heavy atom. The first-order valence-electron chi connectivity index (χ1n) is 4.07. The van der Waals surface area contributed by atoms with Crippen LogP contribution in [-0.2, 0) is 0 Å². The Bertz CT molecular complexity index is 352. The van der Waals surface area contributed by atoms with Gasteiger partial charge in [-0.2, -0.15) is 0 Å². The summed E-state index contributed by atoms with van der Waals surface area (Å²) >= 11 is 5.60. The van der Waals surface area contributed by atoms with Crippen LogP contribution in [0.15, 0.2) is 24.8 Å². The van der Waals surface area contributed by atoms with Crippen LogP contribution in [0.25, 0.3) is 0 Å². The fourth-order valence-corrected chi connectivity index (χ4v) is 1.47. The molecule has 0 heterocycles. The van der Waals surface area contributed by atoms with E-state index in [0.29, 0.717) is 6.42 Å².